The van der Waals surface area contributed by atoms with Gasteiger partial charge in [-0.05, 0) is 18.1 Å². The van der Waals surface area contributed by atoms with Crippen molar-refractivity contribution in [1.29, 1.82) is 0 Å². The summed E-state index contributed by atoms with van der Waals surface area (Å²) in [5, 5.41) is 10.4. The van der Waals surface area contributed by atoms with Crippen molar-refractivity contribution in [1.82, 2.24) is 4.98 Å². The highest BCUT2D eigenvalue weighted by molar-refractivity contribution is 5.25. The van der Waals surface area contributed by atoms with Gasteiger partial charge in [0.05, 0.1) is 0 Å². The summed E-state index contributed by atoms with van der Waals surface area (Å²) in [6, 6.07) is 11.6. The van der Waals surface area contributed by atoms with Crippen molar-refractivity contribution in [2.75, 3.05) is 7.11 Å². The van der Waals surface area contributed by atoms with Gasteiger partial charge in [0.25, 0.3) is 0 Å². The Morgan fingerprint density at radius 3 is 2.44 bits per heavy atom. The fraction of sp³-hybridized carbons (Fsp3) is 0.267. The lowest BCUT2D eigenvalue weighted by Gasteiger charge is -2.22. The largest absolute Gasteiger partial charge is 0.385 e. The minimum atomic E-state index is -0.718. The quantitative estimate of drug-likeness (QED) is 0.897. The number of ether oxygens (including phenoxy) is 1. The molecule has 1 heterocycles. The molecule has 2 unspecified atom stereocenters. The van der Waals surface area contributed by atoms with Gasteiger partial charge in [0.15, 0.2) is 0 Å². The standard InChI is InChI=1S/C15H17NO2/c1-11-8-13(10-16-9-11)14(17)15(18-2)12-6-4-3-5-7-12/h3-10,14-15,17H,1-2H3. The van der Waals surface area contributed by atoms with E-state index in [9.17, 15) is 5.11 Å². The Morgan fingerprint density at radius 1 is 1.11 bits per heavy atom. The molecule has 94 valence electrons. The average Bonchev–Trinajstić information content (AvgIpc) is 2.41. The number of aliphatic hydroxyl groups excluding tert-OH is 1. The molecule has 0 fully saturated rings. The highest BCUT2D eigenvalue weighted by Gasteiger charge is 2.22. The van der Waals surface area contributed by atoms with Gasteiger partial charge < -0.3 is 9.84 Å². The lowest BCUT2D eigenvalue weighted by atomic mass is 9.99. The van der Waals surface area contributed by atoms with E-state index in [1.54, 1.807) is 19.5 Å². The molecule has 3 nitrogen and oxygen atoms in total. The van der Waals surface area contributed by atoms with Crippen LogP contribution in [-0.2, 0) is 4.74 Å². The van der Waals surface area contributed by atoms with Crippen molar-refractivity contribution in [3.8, 4) is 0 Å². The van der Waals surface area contributed by atoms with Crippen LogP contribution in [0.3, 0.4) is 0 Å². The zero-order chi connectivity index (χ0) is 13.0. The minimum Gasteiger partial charge on any atom is -0.385 e. The van der Waals surface area contributed by atoms with Crippen molar-refractivity contribution in [3.05, 3.63) is 65.5 Å². The maximum atomic E-state index is 10.4. The Bertz CT molecular complexity index is 499. The summed E-state index contributed by atoms with van der Waals surface area (Å²) < 4.78 is 5.41. The van der Waals surface area contributed by atoms with Crippen LogP contribution in [0.2, 0.25) is 0 Å². The van der Waals surface area contributed by atoms with Crippen LogP contribution in [0.15, 0.2) is 48.8 Å². The van der Waals surface area contributed by atoms with Crippen LogP contribution in [0.1, 0.15) is 28.9 Å². The zero-order valence-corrected chi connectivity index (χ0v) is 10.6. The van der Waals surface area contributed by atoms with Crippen LogP contribution in [0, 0.1) is 6.92 Å². The molecular weight excluding hydrogens is 226 g/mol. The fourth-order valence-corrected chi connectivity index (χ4v) is 2.00. The second-order valence-corrected chi connectivity index (χ2v) is 4.31. The second-order valence-electron chi connectivity index (χ2n) is 4.31. The summed E-state index contributed by atoms with van der Waals surface area (Å²) >= 11 is 0. The molecule has 0 bridgehead atoms. The predicted molar refractivity (Wildman–Crippen MR) is 70.1 cm³/mol. The third-order valence-electron chi connectivity index (χ3n) is 2.91. The topological polar surface area (TPSA) is 42.4 Å². The molecule has 0 aliphatic rings. The van der Waals surface area contributed by atoms with E-state index in [0.29, 0.717) is 0 Å². The van der Waals surface area contributed by atoms with Crippen LogP contribution >= 0.6 is 0 Å². The molecule has 2 rings (SSSR count). The number of hydrogen-bond acceptors (Lipinski definition) is 3. The van der Waals surface area contributed by atoms with Crippen molar-refractivity contribution in [2.45, 2.75) is 19.1 Å². The van der Waals surface area contributed by atoms with Crippen molar-refractivity contribution in [3.63, 3.8) is 0 Å². The van der Waals surface area contributed by atoms with Crippen molar-refractivity contribution < 1.29 is 9.84 Å². The van der Waals surface area contributed by atoms with E-state index in [0.717, 1.165) is 16.7 Å². The Balaban J connectivity index is 2.28. The van der Waals surface area contributed by atoms with Crippen LogP contribution < -0.4 is 0 Å². The summed E-state index contributed by atoms with van der Waals surface area (Å²) in [5.74, 6) is 0. The Labute approximate surface area is 107 Å². The first kappa shape index (κ1) is 12.7. The maximum Gasteiger partial charge on any atom is 0.112 e. The van der Waals surface area contributed by atoms with Crippen molar-refractivity contribution in [2.24, 2.45) is 0 Å². The molecular formula is C15H17NO2. The van der Waals surface area contributed by atoms with Crippen LogP contribution in [0.4, 0.5) is 0 Å². The molecule has 0 amide bonds. The maximum absolute atomic E-state index is 10.4. The Morgan fingerprint density at radius 2 is 1.83 bits per heavy atom. The SMILES string of the molecule is COC(c1ccccc1)C(O)c1cncc(C)c1. The number of aliphatic hydroxyl groups is 1. The number of aryl methyl sites for hydroxylation is 1. The van der Waals surface area contributed by atoms with Crippen LogP contribution in [0.25, 0.3) is 0 Å². The van der Waals surface area contributed by atoms with E-state index >= 15 is 0 Å². The average molecular weight is 243 g/mol. The van der Waals surface area contributed by atoms with Gasteiger partial charge in [0.1, 0.15) is 12.2 Å². The molecule has 2 atom stereocenters. The van der Waals surface area contributed by atoms with E-state index in [1.165, 1.54) is 0 Å². The molecule has 1 N–H and O–H groups in total. The van der Waals surface area contributed by atoms with E-state index in [1.807, 2.05) is 43.3 Å². The number of benzene rings is 1. The summed E-state index contributed by atoms with van der Waals surface area (Å²) in [7, 11) is 1.60. The molecule has 2 aromatic rings. The number of methoxy groups -OCH3 is 1. The molecule has 1 aromatic carbocycles. The Hall–Kier alpha value is -1.71. The monoisotopic (exact) mass is 243 g/mol. The summed E-state index contributed by atoms with van der Waals surface area (Å²) in [5.41, 5.74) is 2.74. The van der Waals surface area contributed by atoms with E-state index in [-0.39, 0.29) is 6.10 Å². The minimum absolute atomic E-state index is 0.380. The van der Waals surface area contributed by atoms with E-state index in [2.05, 4.69) is 4.98 Å². The number of aromatic nitrogens is 1. The van der Waals surface area contributed by atoms with E-state index in [4.69, 9.17) is 4.74 Å². The number of nitrogens with zero attached hydrogens (tertiary/aromatic N) is 1. The molecule has 0 radical (unpaired) electrons. The Kier molecular flexibility index (Phi) is 4.07. The van der Waals surface area contributed by atoms with E-state index < -0.39 is 6.10 Å². The molecule has 0 aliphatic carbocycles. The molecule has 0 saturated carbocycles. The van der Waals surface area contributed by atoms with Gasteiger partial charge in [0, 0.05) is 25.1 Å². The van der Waals surface area contributed by atoms with Gasteiger partial charge in [-0.15, -0.1) is 0 Å². The third-order valence-corrected chi connectivity index (χ3v) is 2.91. The summed E-state index contributed by atoms with van der Waals surface area (Å²) in [4.78, 5) is 4.10. The lowest BCUT2D eigenvalue weighted by Crippen LogP contribution is -2.13. The lowest BCUT2D eigenvalue weighted by molar-refractivity contribution is -0.0151. The van der Waals surface area contributed by atoms with Gasteiger partial charge in [-0.2, -0.15) is 0 Å². The zero-order valence-electron chi connectivity index (χ0n) is 10.6. The fourth-order valence-electron chi connectivity index (χ4n) is 2.00. The number of rotatable bonds is 4. The van der Waals surface area contributed by atoms with Gasteiger partial charge in [-0.1, -0.05) is 36.4 Å². The first-order valence-corrected chi connectivity index (χ1v) is 5.89. The van der Waals surface area contributed by atoms with Gasteiger partial charge in [-0.3, -0.25) is 4.98 Å². The summed E-state index contributed by atoms with van der Waals surface area (Å²) in [6.45, 7) is 1.95. The normalized spacial score (nSPS) is 14.2. The number of pyridine rings is 1. The predicted octanol–water partition coefficient (Wildman–Crippen LogP) is 2.81. The summed E-state index contributed by atoms with van der Waals surface area (Å²) in [6.07, 6.45) is 2.34. The molecule has 1 aromatic heterocycles. The molecule has 3 heteroatoms. The van der Waals surface area contributed by atoms with Gasteiger partial charge in [0.2, 0.25) is 0 Å². The van der Waals surface area contributed by atoms with Gasteiger partial charge in [-0.25, -0.2) is 0 Å². The molecule has 0 saturated heterocycles. The highest BCUT2D eigenvalue weighted by Crippen LogP contribution is 2.31. The smallest absolute Gasteiger partial charge is 0.112 e. The van der Waals surface area contributed by atoms with Crippen LogP contribution in [0.5, 0.6) is 0 Å². The molecule has 18 heavy (non-hydrogen) atoms. The first-order chi connectivity index (χ1) is 8.72. The third kappa shape index (κ3) is 2.75. The second kappa shape index (κ2) is 5.76. The van der Waals surface area contributed by atoms with Crippen LogP contribution in [-0.4, -0.2) is 17.2 Å². The van der Waals surface area contributed by atoms with Gasteiger partial charge >= 0.3 is 0 Å². The molecule has 0 spiro atoms. The number of hydrogen-bond donors (Lipinski definition) is 1. The molecule has 0 aliphatic heterocycles. The first-order valence-electron chi connectivity index (χ1n) is 5.89. The van der Waals surface area contributed by atoms with Crippen molar-refractivity contribution >= 4 is 0 Å². The highest BCUT2D eigenvalue weighted by atomic mass is 16.5.